The number of ether oxygens (including phenoxy) is 2. The lowest BCUT2D eigenvalue weighted by Gasteiger charge is -2.17. The Morgan fingerprint density at radius 3 is 2.42 bits per heavy atom. The molecule has 2 N–H and O–H groups in total. The number of hydrogen-bond donors (Lipinski definition) is 2. The molecule has 0 aliphatic rings. The highest BCUT2D eigenvalue weighted by atomic mass is 35.5. The summed E-state index contributed by atoms with van der Waals surface area (Å²) in [6.07, 6.45) is 1.55. The Balaban J connectivity index is 2.14. The van der Waals surface area contributed by atoms with Crippen molar-refractivity contribution < 1.29 is 14.3 Å². The molecule has 0 aliphatic carbocycles. The van der Waals surface area contributed by atoms with Gasteiger partial charge in [-0.25, -0.2) is 4.79 Å². The van der Waals surface area contributed by atoms with Crippen LogP contribution in [0, 0.1) is 0 Å². The van der Waals surface area contributed by atoms with Gasteiger partial charge in [0.15, 0.2) is 0 Å². The normalized spacial score (nSPS) is 10.3. The van der Waals surface area contributed by atoms with Crippen LogP contribution in [-0.2, 0) is 19.4 Å². The van der Waals surface area contributed by atoms with E-state index in [1.807, 2.05) is 44.2 Å². The van der Waals surface area contributed by atoms with Crippen molar-refractivity contribution in [1.82, 2.24) is 5.32 Å². The summed E-state index contributed by atoms with van der Waals surface area (Å²) in [5, 5.41) is 6.48. The SMILES string of the molecule is CCc1ccc(Cl)c(CC)c1NC(=O)NCc1cc(OC)ccc1OC. The zero-order valence-corrected chi connectivity index (χ0v) is 16.4. The van der Waals surface area contributed by atoms with Crippen molar-refractivity contribution in [2.45, 2.75) is 33.2 Å². The molecule has 0 saturated carbocycles. The Morgan fingerprint density at radius 1 is 1.04 bits per heavy atom. The maximum Gasteiger partial charge on any atom is 0.319 e. The second-order valence-electron chi connectivity index (χ2n) is 5.75. The minimum Gasteiger partial charge on any atom is -0.497 e. The van der Waals surface area contributed by atoms with Crippen LogP contribution in [0.4, 0.5) is 10.5 Å². The average molecular weight is 377 g/mol. The molecule has 0 aliphatic heterocycles. The largest absolute Gasteiger partial charge is 0.497 e. The molecule has 0 unspecified atom stereocenters. The van der Waals surface area contributed by atoms with Crippen molar-refractivity contribution in [1.29, 1.82) is 0 Å². The van der Waals surface area contributed by atoms with Gasteiger partial charge in [0.25, 0.3) is 0 Å². The Bertz CT molecular complexity index is 778. The molecule has 0 saturated heterocycles. The summed E-state index contributed by atoms with van der Waals surface area (Å²) in [6.45, 7) is 4.38. The van der Waals surface area contributed by atoms with Gasteiger partial charge < -0.3 is 20.1 Å². The molecule has 2 aromatic rings. The summed E-state index contributed by atoms with van der Waals surface area (Å²) in [7, 11) is 3.20. The van der Waals surface area contributed by atoms with Crippen LogP contribution in [0.3, 0.4) is 0 Å². The molecule has 140 valence electrons. The van der Waals surface area contributed by atoms with Crippen LogP contribution in [0.1, 0.15) is 30.5 Å². The number of nitrogens with one attached hydrogen (secondary N) is 2. The number of urea groups is 1. The number of anilines is 1. The first kappa shape index (κ1) is 19.9. The minimum atomic E-state index is -0.290. The molecule has 5 nitrogen and oxygen atoms in total. The van der Waals surface area contributed by atoms with E-state index in [0.717, 1.165) is 35.2 Å². The molecule has 0 atom stereocenters. The van der Waals surface area contributed by atoms with Gasteiger partial charge in [0.1, 0.15) is 11.5 Å². The van der Waals surface area contributed by atoms with Crippen molar-refractivity contribution in [3.63, 3.8) is 0 Å². The third-order valence-corrected chi connectivity index (χ3v) is 4.60. The van der Waals surface area contributed by atoms with Crippen molar-refractivity contribution in [2.24, 2.45) is 0 Å². The molecule has 0 bridgehead atoms. The number of aryl methyl sites for hydroxylation is 1. The molecule has 2 aromatic carbocycles. The average Bonchev–Trinajstić information content (AvgIpc) is 2.66. The predicted octanol–water partition coefficient (Wildman–Crippen LogP) is 4.80. The number of hydrogen-bond acceptors (Lipinski definition) is 3. The van der Waals surface area contributed by atoms with Gasteiger partial charge in [0.05, 0.1) is 19.9 Å². The maximum absolute atomic E-state index is 12.5. The van der Waals surface area contributed by atoms with E-state index < -0.39 is 0 Å². The first-order valence-corrected chi connectivity index (χ1v) is 8.97. The Labute approximate surface area is 159 Å². The Hall–Kier alpha value is -2.40. The minimum absolute atomic E-state index is 0.290. The topological polar surface area (TPSA) is 59.6 Å². The van der Waals surface area contributed by atoms with Crippen LogP contribution >= 0.6 is 11.6 Å². The number of halogens is 1. The number of benzene rings is 2. The molecule has 2 amide bonds. The fourth-order valence-corrected chi connectivity index (χ4v) is 3.11. The fourth-order valence-electron chi connectivity index (χ4n) is 2.82. The zero-order chi connectivity index (χ0) is 19.1. The predicted molar refractivity (Wildman–Crippen MR) is 106 cm³/mol. The highest BCUT2D eigenvalue weighted by molar-refractivity contribution is 6.31. The lowest BCUT2D eigenvalue weighted by Crippen LogP contribution is -2.29. The van der Waals surface area contributed by atoms with Gasteiger partial charge >= 0.3 is 6.03 Å². The van der Waals surface area contributed by atoms with E-state index in [0.29, 0.717) is 23.1 Å². The second kappa shape index (κ2) is 9.34. The van der Waals surface area contributed by atoms with E-state index in [9.17, 15) is 4.79 Å². The van der Waals surface area contributed by atoms with Crippen molar-refractivity contribution in [2.75, 3.05) is 19.5 Å². The van der Waals surface area contributed by atoms with Gasteiger partial charge in [-0.3, -0.25) is 0 Å². The summed E-state index contributed by atoms with van der Waals surface area (Å²) in [6, 6.07) is 9.00. The molecule has 6 heteroatoms. The van der Waals surface area contributed by atoms with Crippen molar-refractivity contribution >= 4 is 23.3 Å². The molecule has 26 heavy (non-hydrogen) atoms. The number of methoxy groups -OCH3 is 2. The van der Waals surface area contributed by atoms with E-state index in [1.165, 1.54) is 0 Å². The van der Waals surface area contributed by atoms with Crippen molar-refractivity contribution in [3.8, 4) is 11.5 Å². The summed E-state index contributed by atoms with van der Waals surface area (Å²) in [5.41, 5.74) is 3.62. The van der Waals surface area contributed by atoms with Crippen molar-refractivity contribution in [3.05, 3.63) is 52.0 Å². The lowest BCUT2D eigenvalue weighted by atomic mass is 10.0. The number of amides is 2. The fraction of sp³-hybridized carbons (Fsp3) is 0.350. The maximum atomic E-state index is 12.5. The van der Waals surface area contributed by atoms with Crippen LogP contribution in [0.25, 0.3) is 0 Å². The quantitative estimate of drug-likeness (QED) is 0.729. The second-order valence-corrected chi connectivity index (χ2v) is 6.16. The first-order valence-electron chi connectivity index (χ1n) is 8.59. The van der Waals surface area contributed by atoms with Gasteiger partial charge in [-0.2, -0.15) is 0 Å². The number of carbonyl (C=O) groups is 1. The molecule has 2 rings (SSSR count). The van der Waals surface area contributed by atoms with Crippen LogP contribution in [0.15, 0.2) is 30.3 Å². The van der Waals surface area contributed by atoms with Gasteiger partial charge in [0, 0.05) is 17.1 Å². The third-order valence-electron chi connectivity index (χ3n) is 4.24. The molecule has 0 fully saturated rings. The Kier molecular flexibility index (Phi) is 7.16. The van der Waals surface area contributed by atoms with Gasteiger partial charge in [-0.05, 0) is 48.2 Å². The zero-order valence-electron chi connectivity index (χ0n) is 15.6. The standard InChI is InChI=1S/C20H25ClN2O3/c1-5-13-7-9-17(21)16(6-2)19(13)23-20(24)22-12-14-11-15(25-3)8-10-18(14)26-4/h7-11H,5-6,12H2,1-4H3,(H2,22,23,24). The van der Waals surface area contributed by atoms with E-state index in [1.54, 1.807) is 14.2 Å². The van der Waals surface area contributed by atoms with Crippen LogP contribution < -0.4 is 20.1 Å². The van der Waals surface area contributed by atoms with Gasteiger partial charge in [-0.15, -0.1) is 0 Å². The van der Waals surface area contributed by atoms with Crippen LogP contribution in [0.2, 0.25) is 5.02 Å². The summed E-state index contributed by atoms with van der Waals surface area (Å²) < 4.78 is 10.6. The molecular formula is C20H25ClN2O3. The monoisotopic (exact) mass is 376 g/mol. The third kappa shape index (κ3) is 4.61. The smallest absolute Gasteiger partial charge is 0.319 e. The molecule has 0 radical (unpaired) electrons. The van der Waals surface area contributed by atoms with Crippen LogP contribution in [-0.4, -0.2) is 20.3 Å². The van der Waals surface area contributed by atoms with Gasteiger partial charge in [0.2, 0.25) is 0 Å². The summed E-state index contributed by atoms with van der Waals surface area (Å²) >= 11 is 6.29. The first-order chi connectivity index (χ1) is 12.5. The Morgan fingerprint density at radius 2 is 1.81 bits per heavy atom. The molecule has 0 heterocycles. The van der Waals surface area contributed by atoms with Crippen LogP contribution in [0.5, 0.6) is 11.5 Å². The van der Waals surface area contributed by atoms with E-state index in [-0.39, 0.29) is 6.03 Å². The van der Waals surface area contributed by atoms with E-state index in [2.05, 4.69) is 10.6 Å². The van der Waals surface area contributed by atoms with E-state index in [4.69, 9.17) is 21.1 Å². The van der Waals surface area contributed by atoms with E-state index >= 15 is 0 Å². The van der Waals surface area contributed by atoms with Gasteiger partial charge in [-0.1, -0.05) is 31.5 Å². The number of carbonyl (C=O) groups excluding carboxylic acids is 1. The number of rotatable bonds is 7. The molecule has 0 spiro atoms. The summed E-state index contributed by atoms with van der Waals surface area (Å²) in [4.78, 5) is 12.5. The highest BCUT2D eigenvalue weighted by Gasteiger charge is 2.14. The highest BCUT2D eigenvalue weighted by Crippen LogP contribution is 2.29. The lowest BCUT2D eigenvalue weighted by molar-refractivity contribution is 0.251. The molecule has 0 aromatic heterocycles. The summed E-state index contributed by atoms with van der Waals surface area (Å²) in [5.74, 6) is 1.40. The molecular weight excluding hydrogens is 352 g/mol.